The maximum Gasteiger partial charge on any atom is 0.173 e. The van der Waals surface area contributed by atoms with Crippen LogP contribution in [-0.2, 0) is 6.54 Å². The molecule has 0 bridgehead atoms. The quantitative estimate of drug-likeness (QED) is 0.335. The first-order valence-electron chi connectivity index (χ1n) is 7.05. The summed E-state index contributed by atoms with van der Waals surface area (Å²) in [6.07, 6.45) is 1.55. The number of nitrogens with two attached hydrogens (primary N) is 1. The Hall–Kier alpha value is -1.79. The molecule has 0 atom stereocenters. The van der Waals surface area contributed by atoms with Gasteiger partial charge in [0.15, 0.2) is 5.84 Å². The van der Waals surface area contributed by atoms with Crippen molar-refractivity contribution in [3.63, 3.8) is 0 Å². The van der Waals surface area contributed by atoms with Crippen LogP contribution >= 0.6 is 0 Å². The topological polar surface area (TPSA) is 91.3 Å². The number of nitrogens with zero attached hydrogens (tertiary/aromatic N) is 2. The van der Waals surface area contributed by atoms with Gasteiger partial charge in [0.1, 0.15) is 5.75 Å². The lowest BCUT2D eigenvalue weighted by Gasteiger charge is -2.35. The molecule has 1 aromatic rings. The van der Waals surface area contributed by atoms with Crippen molar-refractivity contribution < 1.29 is 15.1 Å². The molecule has 1 saturated heterocycles. The van der Waals surface area contributed by atoms with E-state index in [-0.39, 0.29) is 5.84 Å². The Labute approximate surface area is 124 Å². The molecule has 21 heavy (non-hydrogen) atoms. The molecule has 6 nitrogen and oxygen atoms in total. The Bertz CT molecular complexity index is 519. The summed E-state index contributed by atoms with van der Waals surface area (Å²) < 4.78 is 5.22. The minimum absolute atomic E-state index is 0.0373. The van der Waals surface area contributed by atoms with Gasteiger partial charge in [-0.3, -0.25) is 4.90 Å². The van der Waals surface area contributed by atoms with E-state index in [2.05, 4.69) is 10.1 Å². The van der Waals surface area contributed by atoms with E-state index in [1.165, 1.54) is 0 Å². The van der Waals surface area contributed by atoms with Crippen molar-refractivity contribution in [1.29, 1.82) is 0 Å². The highest BCUT2D eigenvalue weighted by Gasteiger charge is 2.27. The lowest BCUT2D eigenvalue weighted by atomic mass is 9.93. The zero-order chi connectivity index (χ0) is 15.5. The number of rotatable bonds is 4. The molecule has 4 N–H and O–H groups in total. The molecule has 1 aliphatic heterocycles. The number of piperidine rings is 1. The number of ether oxygens (including phenoxy) is 1. The smallest absolute Gasteiger partial charge is 0.173 e. The predicted octanol–water partition coefficient (Wildman–Crippen LogP) is 1.14. The van der Waals surface area contributed by atoms with Gasteiger partial charge in [0.25, 0.3) is 0 Å². The first-order valence-corrected chi connectivity index (χ1v) is 7.05. The molecule has 1 heterocycles. The molecule has 6 heteroatoms. The van der Waals surface area contributed by atoms with Gasteiger partial charge in [-0.05, 0) is 37.5 Å². The lowest BCUT2D eigenvalue weighted by molar-refractivity contribution is -0.00730. The van der Waals surface area contributed by atoms with Crippen LogP contribution in [0.5, 0.6) is 5.75 Å². The number of amidine groups is 1. The first-order chi connectivity index (χ1) is 9.95. The second kappa shape index (κ2) is 6.32. The van der Waals surface area contributed by atoms with Crippen molar-refractivity contribution in [3.05, 3.63) is 29.3 Å². The molecule has 0 aromatic heterocycles. The predicted molar refractivity (Wildman–Crippen MR) is 80.6 cm³/mol. The van der Waals surface area contributed by atoms with E-state index in [0.29, 0.717) is 11.3 Å². The highest BCUT2D eigenvalue weighted by atomic mass is 16.5. The van der Waals surface area contributed by atoms with E-state index >= 15 is 0 Å². The molecule has 116 valence electrons. The largest absolute Gasteiger partial charge is 0.496 e. The number of hydrogen-bond acceptors (Lipinski definition) is 5. The van der Waals surface area contributed by atoms with Crippen LogP contribution in [0.25, 0.3) is 0 Å². The van der Waals surface area contributed by atoms with E-state index in [1.54, 1.807) is 7.11 Å². The minimum atomic E-state index is -0.546. The van der Waals surface area contributed by atoms with Crippen molar-refractivity contribution in [2.45, 2.75) is 31.9 Å². The number of benzene rings is 1. The van der Waals surface area contributed by atoms with Gasteiger partial charge < -0.3 is 20.8 Å². The molecule has 0 saturated carbocycles. The average molecular weight is 293 g/mol. The summed E-state index contributed by atoms with van der Waals surface area (Å²) in [5.41, 5.74) is 6.79. The fourth-order valence-corrected chi connectivity index (χ4v) is 2.56. The molecule has 0 radical (unpaired) electrons. The van der Waals surface area contributed by atoms with Crippen LogP contribution in [0.2, 0.25) is 0 Å². The van der Waals surface area contributed by atoms with Crippen LogP contribution in [-0.4, -0.2) is 46.8 Å². The molecular weight excluding hydrogens is 270 g/mol. The summed E-state index contributed by atoms with van der Waals surface area (Å²) in [4.78, 5) is 2.29. The Morgan fingerprint density at radius 2 is 2.10 bits per heavy atom. The summed E-state index contributed by atoms with van der Waals surface area (Å²) in [6.45, 7) is 4.37. The van der Waals surface area contributed by atoms with Crippen LogP contribution in [0.3, 0.4) is 0 Å². The van der Waals surface area contributed by atoms with Gasteiger partial charge in [-0.25, -0.2) is 0 Å². The molecule has 1 fully saturated rings. The lowest BCUT2D eigenvalue weighted by Crippen LogP contribution is -2.41. The Morgan fingerprint density at radius 1 is 1.43 bits per heavy atom. The fraction of sp³-hybridized carbons (Fsp3) is 0.533. The Morgan fingerprint density at radius 3 is 2.67 bits per heavy atom. The molecule has 1 aliphatic rings. The van der Waals surface area contributed by atoms with Gasteiger partial charge in [-0.1, -0.05) is 11.2 Å². The van der Waals surface area contributed by atoms with E-state index in [9.17, 15) is 5.11 Å². The van der Waals surface area contributed by atoms with Gasteiger partial charge in [0.05, 0.1) is 18.3 Å². The van der Waals surface area contributed by atoms with E-state index in [0.717, 1.165) is 38.0 Å². The highest BCUT2D eigenvalue weighted by molar-refractivity contribution is 5.99. The van der Waals surface area contributed by atoms with Crippen LogP contribution in [0.15, 0.2) is 23.4 Å². The van der Waals surface area contributed by atoms with E-state index in [4.69, 9.17) is 15.7 Å². The molecular formula is C15H23N3O3. The number of likely N-dealkylation sites (tertiary alicyclic amines) is 1. The Balaban J connectivity index is 2.11. The third-order valence-corrected chi connectivity index (χ3v) is 3.99. The SMILES string of the molecule is COc1ccc(CN2CCC(C)(O)CC2)cc1/C(N)=N/O. The van der Waals surface area contributed by atoms with Crippen LogP contribution in [0.4, 0.5) is 0 Å². The standard InChI is InChI=1S/C15H23N3O3/c1-15(19)5-7-18(8-6-15)10-11-3-4-13(21-2)12(9-11)14(16)17-20/h3-4,9,19-20H,5-8,10H2,1-2H3,(H2,16,17). The van der Waals surface area contributed by atoms with Gasteiger partial charge >= 0.3 is 0 Å². The summed E-state index contributed by atoms with van der Waals surface area (Å²) in [7, 11) is 1.55. The zero-order valence-electron chi connectivity index (χ0n) is 12.5. The van der Waals surface area contributed by atoms with E-state index in [1.807, 2.05) is 25.1 Å². The van der Waals surface area contributed by atoms with Crippen LogP contribution in [0.1, 0.15) is 30.9 Å². The average Bonchev–Trinajstić information content (AvgIpc) is 2.48. The second-order valence-electron chi connectivity index (χ2n) is 5.79. The van der Waals surface area contributed by atoms with Crippen LogP contribution < -0.4 is 10.5 Å². The first kappa shape index (κ1) is 15.6. The monoisotopic (exact) mass is 293 g/mol. The second-order valence-corrected chi connectivity index (χ2v) is 5.79. The van der Waals surface area contributed by atoms with Crippen LogP contribution in [0, 0.1) is 0 Å². The third kappa shape index (κ3) is 3.86. The van der Waals surface area contributed by atoms with Crippen molar-refractivity contribution in [3.8, 4) is 5.75 Å². The van der Waals surface area contributed by atoms with Gasteiger partial charge in [-0.2, -0.15) is 0 Å². The summed E-state index contributed by atoms with van der Waals surface area (Å²) >= 11 is 0. The molecule has 0 spiro atoms. The fourth-order valence-electron chi connectivity index (χ4n) is 2.56. The van der Waals surface area contributed by atoms with Gasteiger partial charge in [0.2, 0.25) is 0 Å². The normalized spacial score (nSPS) is 19.5. The minimum Gasteiger partial charge on any atom is -0.496 e. The van der Waals surface area contributed by atoms with Gasteiger partial charge in [-0.15, -0.1) is 0 Å². The van der Waals surface area contributed by atoms with Crippen molar-refractivity contribution >= 4 is 5.84 Å². The maximum absolute atomic E-state index is 9.97. The number of methoxy groups -OCH3 is 1. The number of aliphatic hydroxyl groups is 1. The summed E-state index contributed by atoms with van der Waals surface area (Å²) in [5, 5.41) is 21.9. The third-order valence-electron chi connectivity index (χ3n) is 3.99. The molecule has 0 aliphatic carbocycles. The van der Waals surface area contributed by atoms with Crippen molar-refractivity contribution in [2.24, 2.45) is 10.9 Å². The molecule has 2 rings (SSSR count). The highest BCUT2D eigenvalue weighted by Crippen LogP contribution is 2.24. The summed E-state index contributed by atoms with van der Waals surface area (Å²) in [6, 6.07) is 5.67. The number of hydrogen-bond donors (Lipinski definition) is 3. The van der Waals surface area contributed by atoms with Crippen molar-refractivity contribution in [2.75, 3.05) is 20.2 Å². The molecule has 0 amide bonds. The van der Waals surface area contributed by atoms with Crippen molar-refractivity contribution in [1.82, 2.24) is 4.90 Å². The molecule has 1 aromatic carbocycles. The number of oxime groups is 1. The summed E-state index contributed by atoms with van der Waals surface area (Å²) in [5.74, 6) is 0.617. The zero-order valence-corrected chi connectivity index (χ0v) is 12.5. The van der Waals surface area contributed by atoms with E-state index < -0.39 is 5.60 Å². The Kier molecular flexibility index (Phi) is 4.69. The maximum atomic E-state index is 9.97. The van der Waals surface area contributed by atoms with Gasteiger partial charge in [0, 0.05) is 19.6 Å². The molecule has 0 unspecified atom stereocenters.